The summed E-state index contributed by atoms with van der Waals surface area (Å²) in [5, 5.41) is 12.1. The zero-order valence-corrected chi connectivity index (χ0v) is 15.8. The lowest BCUT2D eigenvalue weighted by atomic mass is 10.1. The number of nitrogens with one attached hydrogen (secondary N) is 1. The summed E-state index contributed by atoms with van der Waals surface area (Å²) in [5.41, 5.74) is 4.90. The van der Waals surface area contributed by atoms with E-state index in [2.05, 4.69) is 15.3 Å². The van der Waals surface area contributed by atoms with Crippen LogP contribution in [0.3, 0.4) is 0 Å². The van der Waals surface area contributed by atoms with Crippen molar-refractivity contribution in [3.05, 3.63) is 75.8 Å². The molecule has 0 spiro atoms. The lowest BCUT2D eigenvalue weighted by Crippen LogP contribution is -2.34. The molecule has 3 aromatic rings. The summed E-state index contributed by atoms with van der Waals surface area (Å²) in [5.74, 6) is -0.0341. The fourth-order valence-corrected chi connectivity index (χ4v) is 3.59. The summed E-state index contributed by atoms with van der Waals surface area (Å²) >= 11 is 6.51. The summed E-state index contributed by atoms with van der Waals surface area (Å²) in [7, 11) is 0. The minimum Gasteiger partial charge on any atom is -0.334 e. The standard InChI is InChI=1S/C20H20ClN5O/c1-14-17(20(21)26(24-14)12-15-5-3-2-4-6-15)7-8-19(27)25-10-9-18-16(13-25)11-22-23-18/h2-8,11H,9-10,12-13H2,1H3,(H,22,23). The molecule has 1 aromatic carbocycles. The van der Waals surface area contributed by atoms with Crippen molar-refractivity contribution in [1.29, 1.82) is 0 Å². The van der Waals surface area contributed by atoms with Crippen LogP contribution < -0.4 is 0 Å². The molecule has 1 amide bonds. The fraction of sp³-hybridized carbons (Fsp3) is 0.250. The maximum atomic E-state index is 12.6. The zero-order valence-electron chi connectivity index (χ0n) is 15.0. The topological polar surface area (TPSA) is 66.8 Å². The quantitative estimate of drug-likeness (QED) is 0.705. The predicted molar refractivity (Wildman–Crippen MR) is 104 cm³/mol. The number of amides is 1. The van der Waals surface area contributed by atoms with Gasteiger partial charge in [-0.3, -0.25) is 9.89 Å². The normalized spacial score (nSPS) is 13.9. The molecule has 2 aromatic heterocycles. The number of rotatable bonds is 4. The van der Waals surface area contributed by atoms with Gasteiger partial charge in [0, 0.05) is 42.4 Å². The highest BCUT2D eigenvalue weighted by Gasteiger charge is 2.20. The van der Waals surface area contributed by atoms with Crippen LogP contribution in [0.25, 0.3) is 6.08 Å². The Kier molecular flexibility index (Phi) is 4.81. The molecule has 0 fully saturated rings. The number of aromatic nitrogens is 4. The maximum absolute atomic E-state index is 12.6. The molecule has 1 aliphatic rings. The number of hydrogen-bond donors (Lipinski definition) is 1. The number of benzene rings is 1. The number of fused-ring (bicyclic) bond motifs is 1. The largest absolute Gasteiger partial charge is 0.334 e. The highest BCUT2D eigenvalue weighted by molar-refractivity contribution is 6.31. The van der Waals surface area contributed by atoms with E-state index in [9.17, 15) is 4.79 Å². The van der Waals surface area contributed by atoms with Gasteiger partial charge in [0.15, 0.2) is 0 Å². The first-order chi connectivity index (χ1) is 13.1. The molecule has 7 heteroatoms. The smallest absolute Gasteiger partial charge is 0.246 e. The third kappa shape index (κ3) is 3.66. The maximum Gasteiger partial charge on any atom is 0.246 e. The second-order valence-corrected chi connectivity index (χ2v) is 7.01. The fourth-order valence-electron chi connectivity index (χ4n) is 3.29. The van der Waals surface area contributed by atoms with Gasteiger partial charge in [0.1, 0.15) is 5.15 Å². The van der Waals surface area contributed by atoms with Gasteiger partial charge >= 0.3 is 0 Å². The molecule has 0 saturated carbocycles. The lowest BCUT2D eigenvalue weighted by Gasteiger charge is -2.25. The van der Waals surface area contributed by atoms with E-state index in [4.69, 9.17) is 11.6 Å². The average molecular weight is 382 g/mol. The summed E-state index contributed by atoms with van der Waals surface area (Å²) in [6.07, 6.45) is 5.92. The number of aryl methyl sites for hydroxylation is 1. The summed E-state index contributed by atoms with van der Waals surface area (Å²) in [6.45, 7) is 3.75. The molecule has 0 saturated heterocycles. The van der Waals surface area contributed by atoms with Crippen molar-refractivity contribution in [2.75, 3.05) is 6.54 Å². The number of halogens is 1. The summed E-state index contributed by atoms with van der Waals surface area (Å²) < 4.78 is 1.76. The number of carbonyl (C=O) groups is 1. The zero-order chi connectivity index (χ0) is 18.8. The predicted octanol–water partition coefficient (Wildman–Crippen LogP) is 3.21. The molecular formula is C20H20ClN5O. The number of nitrogens with zero attached hydrogens (tertiary/aromatic N) is 4. The summed E-state index contributed by atoms with van der Waals surface area (Å²) in [6, 6.07) is 10.0. The van der Waals surface area contributed by atoms with Gasteiger partial charge < -0.3 is 4.90 Å². The van der Waals surface area contributed by atoms with Crippen LogP contribution in [0.4, 0.5) is 0 Å². The molecule has 138 valence electrons. The van der Waals surface area contributed by atoms with Crippen LogP contribution in [0.15, 0.2) is 42.6 Å². The third-order valence-electron chi connectivity index (χ3n) is 4.79. The van der Waals surface area contributed by atoms with Crippen LogP contribution in [0.5, 0.6) is 0 Å². The van der Waals surface area contributed by atoms with E-state index < -0.39 is 0 Å². The van der Waals surface area contributed by atoms with Crippen LogP contribution >= 0.6 is 11.6 Å². The Morgan fingerprint density at radius 1 is 1.33 bits per heavy atom. The number of carbonyl (C=O) groups excluding carboxylic acids is 1. The number of aromatic amines is 1. The van der Waals surface area contributed by atoms with Gasteiger partial charge in [-0.15, -0.1) is 0 Å². The molecule has 0 atom stereocenters. The summed E-state index contributed by atoms with van der Waals surface area (Å²) in [4.78, 5) is 14.4. The first kappa shape index (κ1) is 17.5. The van der Waals surface area contributed by atoms with Crippen molar-refractivity contribution in [2.45, 2.75) is 26.4 Å². The highest BCUT2D eigenvalue weighted by atomic mass is 35.5. The SMILES string of the molecule is Cc1nn(Cc2ccccc2)c(Cl)c1C=CC(=O)N1CCc2[nH]ncc2C1. The Bertz CT molecular complexity index is 989. The number of H-pyrrole nitrogens is 1. The van der Waals surface area contributed by atoms with Gasteiger partial charge in [-0.05, 0) is 18.6 Å². The molecule has 27 heavy (non-hydrogen) atoms. The van der Waals surface area contributed by atoms with Gasteiger partial charge in [-0.2, -0.15) is 10.2 Å². The van der Waals surface area contributed by atoms with Crippen molar-refractivity contribution < 1.29 is 4.79 Å². The van der Waals surface area contributed by atoms with E-state index in [0.29, 0.717) is 24.8 Å². The van der Waals surface area contributed by atoms with E-state index in [1.807, 2.05) is 42.2 Å². The molecule has 0 aliphatic carbocycles. The number of hydrogen-bond acceptors (Lipinski definition) is 3. The van der Waals surface area contributed by atoms with Gasteiger partial charge in [0.05, 0.1) is 18.4 Å². The highest BCUT2D eigenvalue weighted by Crippen LogP contribution is 2.23. The monoisotopic (exact) mass is 381 g/mol. The first-order valence-corrected chi connectivity index (χ1v) is 9.24. The van der Waals surface area contributed by atoms with E-state index in [0.717, 1.165) is 34.5 Å². The minimum absolute atomic E-state index is 0.0341. The molecule has 0 unspecified atom stereocenters. The van der Waals surface area contributed by atoms with Crippen LogP contribution in [-0.4, -0.2) is 37.3 Å². The van der Waals surface area contributed by atoms with E-state index in [1.165, 1.54) is 0 Å². The first-order valence-electron chi connectivity index (χ1n) is 8.87. The van der Waals surface area contributed by atoms with Crippen molar-refractivity contribution >= 4 is 23.6 Å². The minimum atomic E-state index is -0.0341. The third-order valence-corrected chi connectivity index (χ3v) is 5.19. The lowest BCUT2D eigenvalue weighted by molar-refractivity contribution is -0.126. The molecule has 3 heterocycles. The van der Waals surface area contributed by atoms with E-state index >= 15 is 0 Å². The van der Waals surface area contributed by atoms with Gasteiger partial charge in [-0.1, -0.05) is 41.9 Å². The van der Waals surface area contributed by atoms with Crippen molar-refractivity contribution in [1.82, 2.24) is 24.9 Å². The van der Waals surface area contributed by atoms with Gasteiger partial charge in [-0.25, -0.2) is 4.68 Å². The molecule has 1 N–H and O–H groups in total. The van der Waals surface area contributed by atoms with Crippen LogP contribution in [0.1, 0.15) is 28.1 Å². The van der Waals surface area contributed by atoms with Crippen molar-refractivity contribution in [2.24, 2.45) is 0 Å². The second-order valence-electron chi connectivity index (χ2n) is 6.65. The van der Waals surface area contributed by atoms with Crippen LogP contribution in [0.2, 0.25) is 5.15 Å². The Morgan fingerprint density at radius 2 is 2.15 bits per heavy atom. The molecule has 4 rings (SSSR count). The molecule has 0 radical (unpaired) electrons. The Balaban J connectivity index is 1.48. The van der Waals surface area contributed by atoms with Gasteiger partial charge in [0.25, 0.3) is 0 Å². The Hall–Kier alpha value is -2.86. The molecule has 0 bridgehead atoms. The average Bonchev–Trinajstić information content (AvgIpc) is 3.25. The van der Waals surface area contributed by atoms with Crippen LogP contribution in [0, 0.1) is 6.92 Å². The molecular weight excluding hydrogens is 362 g/mol. The van der Waals surface area contributed by atoms with E-state index in [1.54, 1.807) is 23.0 Å². The van der Waals surface area contributed by atoms with Crippen molar-refractivity contribution in [3.8, 4) is 0 Å². The Morgan fingerprint density at radius 3 is 2.96 bits per heavy atom. The molecule has 1 aliphatic heterocycles. The second kappa shape index (κ2) is 7.40. The van der Waals surface area contributed by atoms with Crippen molar-refractivity contribution in [3.63, 3.8) is 0 Å². The van der Waals surface area contributed by atoms with Crippen LogP contribution in [-0.2, 0) is 24.3 Å². The molecule has 6 nitrogen and oxygen atoms in total. The van der Waals surface area contributed by atoms with Gasteiger partial charge in [0.2, 0.25) is 5.91 Å². The van der Waals surface area contributed by atoms with E-state index in [-0.39, 0.29) is 5.91 Å². The Labute approximate surface area is 162 Å².